The van der Waals surface area contributed by atoms with Gasteiger partial charge < -0.3 is 9.84 Å². The number of carbonyl (C=O) groups is 1. The number of carboxylic acids is 1. The molecule has 1 rings (SSSR count). The number of hydrogen-bond donors (Lipinski definition) is 1. The molecule has 0 aromatic carbocycles. The number of hydrogen-bond acceptors (Lipinski definition) is 3. The number of aromatic carboxylic acids is 1. The zero-order valence-electron chi connectivity index (χ0n) is 12.3. The fraction of sp³-hybridized carbons (Fsp3) is 0.667. The Morgan fingerprint density at radius 1 is 1.32 bits per heavy atom. The highest BCUT2D eigenvalue weighted by Crippen LogP contribution is 2.36. The van der Waals surface area contributed by atoms with Crippen LogP contribution in [-0.2, 0) is 5.41 Å². The van der Waals surface area contributed by atoms with Crippen molar-refractivity contribution in [3.8, 4) is 5.75 Å². The molecule has 0 spiro atoms. The maximum absolute atomic E-state index is 11.2. The minimum Gasteiger partial charge on any atom is -0.492 e. The molecule has 1 N–H and O–H groups in total. The second-order valence-electron chi connectivity index (χ2n) is 5.77. The highest BCUT2D eigenvalue weighted by molar-refractivity contribution is 7.14. The van der Waals surface area contributed by atoms with Gasteiger partial charge in [-0.15, -0.1) is 11.3 Å². The van der Waals surface area contributed by atoms with Crippen LogP contribution in [0.1, 0.15) is 67.9 Å². The van der Waals surface area contributed by atoms with Crippen LogP contribution in [0.2, 0.25) is 0 Å². The molecule has 0 aliphatic rings. The Bertz CT molecular complexity index is 416. The summed E-state index contributed by atoms with van der Waals surface area (Å²) in [6.07, 6.45) is 4.50. The summed E-state index contributed by atoms with van der Waals surface area (Å²) in [4.78, 5) is 12.6. The summed E-state index contributed by atoms with van der Waals surface area (Å²) >= 11 is 1.32. The van der Waals surface area contributed by atoms with Gasteiger partial charge >= 0.3 is 5.97 Å². The first-order valence-electron chi connectivity index (χ1n) is 6.86. The molecule has 0 atom stereocenters. The number of thiophene rings is 1. The Hall–Kier alpha value is -1.03. The van der Waals surface area contributed by atoms with Crippen molar-refractivity contribution in [3.63, 3.8) is 0 Å². The van der Waals surface area contributed by atoms with Crippen LogP contribution in [-0.4, -0.2) is 17.7 Å². The van der Waals surface area contributed by atoms with E-state index in [4.69, 9.17) is 4.74 Å². The molecule has 0 saturated heterocycles. The van der Waals surface area contributed by atoms with Crippen molar-refractivity contribution in [2.24, 2.45) is 0 Å². The van der Waals surface area contributed by atoms with Crippen molar-refractivity contribution < 1.29 is 14.6 Å². The van der Waals surface area contributed by atoms with Crippen LogP contribution in [0.25, 0.3) is 0 Å². The van der Waals surface area contributed by atoms with E-state index >= 15 is 0 Å². The van der Waals surface area contributed by atoms with Crippen LogP contribution in [0.4, 0.5) is 0 Å². The molecule has 0 saturated carbocycles. The third-order valence-electron chi connectivity index (χ3n) is 2.89. The lowest BCUT2D eigenvalue weighted by atomic mass is 9.95. The van der Waals surface area contributed by atoms with E-state index in [9.17, 15) is 9.90 Å². The van der Waals surface area contributed by atoms with Gasteiger partial charge in [-0.05, 0) is 17.9 Å². The van der Waals surface area contributed by atoms with Crippen molar-refractivity contribution in [3.05, 3.63) is 15.8 Å². The third kappa shape index (κ3) is 4.86. The molecule has 1 aromatic heterocycles. The standard InChI is InChI=1S/C15H24O3S/c1-5-6-7-8-9-18-11-10-12(15(2,3)4)19-13(11)14(16)17/h10H,5-9H2,1-4H3,(H,16,17). The van der Waals surface area contributed by atoms with Crippen LogP contribution in [0.15, 0.2) is 6.07 Å². The Balaban J connectivity index is 2.70. The highest BCUT2D eigenvalue weighted by Gasteiger charge is 2.23. The van der Waals surface area contributed by atoms with E-state index < -0.39 is 5.97 Å². The molecule has 19 heavy (non-hydrogen) atoms. The number of carboxylic acid groups (broad SMARTS) is 1. The van der Waals surface area contributed by atoms with Gasteiger partial charge in [0, 0.05) is 4.88 Å². The van der Waals surface area contributed by atoms with Crippen LogP contribution < -0.4 is 4.74 Å². The summed E-state index contributed by atoms with van der Waals surface area (Å²) in [6.45, 7) is 9.00. The van der Waals surface area contributed by atoms with E-state index in [1.807, 2.05) is 6.07 Å². The Morgan fingerprint density at radius 3 is 2.53 bits per heavy atom. The smallest absolute Gasteiger partial charge is 0.349 e. The zero-order chi connectivity index (χ0) is 14.5. The molecule has 0 aliphatic carbocycles. The fourth-order valence-electron chi connectivity index (χ4n) is 1.71. The normalized spacial score (nSPS) is 11.6. The lowest BCUT2D eigenvalue weighted by Gasteiger charge is -2.14. The minimum atomic E-state index is -0.899. The first-order chi connectivity index (χ1) is 8.86. The molecule has 0 aliphatic heterocycles. The maximum Gasteiger partial charge on any atom is 0.349 e. The predicted molar refractivity (Wildman–Crippen MR) is 79.6 cm³/mol. The van der Waals surface area contributed by atoms with Crippen molar-refractivity contribution in [2.75, 3.05) is 6.61 Å². The first kappa shape index (κ1) is 16.0. The predicted octanol–water partition coefficient (Wildman–Crippen LogP) is 4.70. The van der Waals surface area contributed by atoms with E-state index in [1.54, 1.807) is 0 Å². The van der Waals surface area contributed by atoms with Gasteiger partial charge in [0.25, 0.3) is 0 Å². The van der Waals surface area contributed by atoms with Gasteiger partial charge in [0.15, 0.2) is 4.88 Å². The summed E-state index contributed by atoms with van der Waals surface area (Å²) in [5, 5.41) is 9.22. The maximum atomic E-state index is 11.2. The topological polar surface area (TPSA) is 46.5 Å². The van der Waals surface area contributed by atoms with Gasteiger partial charge in [0.1, 0.15) is 5.75 Å². The third-order valence-corrected chi connectivity index (χ3v) is 4.42. The summed E-state index contributed by atoms with van der Waals surface area (Å²) in [5.74, 6) is -0.372. The second kappa shape index (κ2) is 6.94. The molecular weight excluding hydrogens is 260 g/mol. The van der Waals surface area contributed by atoms with Gasteiger partial charge in [-0.1, -0.05) is 47.0 Å². The first-order valence-corrected chi connectivity index (χ1v) is 7.68. The average molecular weight is 284 g/mol. The summed E-state index contributed by atoms with van der Waals surface area (Å²) < 4.78 is 5.65. The molecule has 1 heterocycles. The van der Waals surface area contributed by atoms with Gasteiger partial charge in [-0.2, -0.15) is 0 Å². The largest absolute Gasteiger partial charge is 0.492 e. The monoisotopic (exact) mass is 284 g/mol. The Kier molecular flexibility index (Phi) is 5.85. The summed E-state index contributed by atoms with van der Waals surface area (Å²) in [6, 6.07) is 1.88. The van der Waals surface area contributed by atoms with Gasteiger partial charge in [-0.25, -0.2) is 4.79 Å². The molecular formula is C15H24O3S. The van der Waals surface area contributed by atoms with Gasteiger partial charge in [-0.3, -0.25) is 0 Å². The zero-order valence-corrected chi connectivity index (χ0v) is 13.1. The van der Waals surface area contributed by atoms with Crippen molar-refractivity contribution >= 4 is 17.3 Å². The molecule has 0 amide bonds. The lowest BCUT2D eigenvalue weighted by Crippen LogP contribution is -2.08. The fourth-order valence-corrected chi connectivity index (χ4v) is 2.71. The van der Waals surface area contributed by atoms with Crippen LogP contribution >= 0.6 is 11.3 Å². The molecule has 108 valence electrons. The molecule has 0 radical (unpaired) electrons. The van der Waals surface area contributed by atoms with Gasteiger partial charge in [0.2, 0.25) is 0 Å². The van der Waals surface area contributed by atoms with E-state index in [0.717, 1.165) is 17.7 Å². The number of unbranched alkanes of at least 4 members (excludes halogenated alkanes) is 3. The van der Waals surface area contributed by atoms with E-state index in [2.05, 4.69) is 27.7 Å². The average Bonchev–Trinajstić information content (AvgIpc) is 2.72. The Morgan fingerprint density at radius 2 is 2.00 bits per heavy atom. The second-order valence-corrected chi connectivity index (χ2v) is 6.82. The van der Waals surface area contributed by atoms with Crippen molar-refractivity contribution in [1.29, 1.82) is 0 Å². The highest BCUT2D eigenvalue weighted by atomic mass is 32.1. The molecule has 4 heteroatoms. The molecule has 0 unspecified atom stereocenters. The number of ether oxygens (including phenoxy) is 1. The Labute approximate surface area is 119 Å². The van der Waals surface area contributed by atoms with Crippen molar-refractivity contribution in [1.82, 2.24) is 0 Å². The lowest BCUT2D eigenvalue weighted by molar-refractivity contribution is 0.0698. The molecule has 0 bridgehead atoms. The molecule has 1 aromatic rings. The van der Waals surface area contributed by atoms with E-state index in [1.165, 1.54) is 24.2 Å². The quantitative estimate of drug-likeness (QED) is 0.738. The molecule has 0 fully saturated rings. The van der Waals surface area contributed by atoms with Crippen LogP contribution in [0, 0.1) is 0 Å². The van der Waals surface area contributed by atoms with Crippen LogP contribution in [0.3, 0.4) is 0 Å². The van der Waals surface area contributed by atoms with Crippen LogP contribution in [0.5, 0.6) is 5.75 Å². The number of rotatable bonds is 7. The van der Waals surface area contributed by atoms with Crippen molar-refractivity contribution in [2.45, 2.75) is 58.8 Å². The van der Waals surface area contributed by atoms with E-state index in [-0.39, 0.29) is 5.41 Å². The molecule has 3 nitrogen and oxygen atoms in total. The minimum absolute atomic E-state index is 0.0430. The summed E-state index contributed by atoms with van der Waals surface area (Å²) in [5.41, 5.74) is -0.0430. The van der Waals surface area contributed by atoms with E-state index in [0.29, 0.717) is 17.2 Å². The summed E-state index contributed by atoms with van der Waals surface area (Å²) in [7, 11) is 0. The SMILES string of the molecule is CCCCCCOc1cc(C(C)(C)C)sc1C(=O)O. The van der Waals surface area contributed by atoms with Gasteiger partial charge in [0.05, 0.1) is 6.61 Å².